The van der Waals surface area contributed by atoms with Crippen LogP contribution in [-0.4, -0.2) is 23.9 Å². The van der Waals surface area contributed by atoms with E-state index in [1.807, 2.05) is 59.2 Å². The number of aromatic nitrogens is 2. The highest BCUT2D eigenvalue weighted by molar-refractivity contribution is 7.90. The van der Waals surface area contributed by atoms with Gasteiger partial charge >= 0.3 is 0 Å². The lowest BCUT2D eigenvalue weighted by molar-refractivity contribution is 0.0981. The monoisotopic (exact) mass is 515 g/mol. The van der Waals surface area contributed by atoms with Crippen LogP contribution in [0, 0.1) is 0 Å². The molecule has 180 valence electrons. The zero-order valence-corrected chi connectivity index (χ0v) is 20.7. The van der Waals surface area contributed by atoms with Crippen LogP contribution in [0.2, 0.25) is 5.02 Å². The minimum atomic E-state index is -4.00. The van der Waals surface area contributed by atoms with Gasteiger partial charge in [-0.2, -0.15) is 0 Å². The molecule has 4 aromatic carbocycles. The summed E-state index contributed by atoms with van der Waals surface area (Å²) in [5.74, 6) is 0.0986. The van der Waals surface area contributed by atoms with E-state index in [1.54, 1.807) is 36.4 Å². The largest absolute Gasteiger partial charge is 0.323 e. The number of halogens is 1. The normalized spacial score (nSPS) is 11.5. The molecule has 1 aromatic heterocycles. The Kier molecular flexibility index (Phi) is 6.59. The highest BCUT2D eigenvalue weighted by atomic mass is 35.5. The van der Waals surface area contributed by atoms with Crippen molar-refractivity contribution in [2.45, 2.75) is 17.9 Å². The zero-order chi connectivity index (χ0) is 25.1. The number of rotatable bonds is 7. The van der Waals surface area contributed by atoms with E-state index >= 15 is 0 Å². The van der Waals surface area contributed by atoms with E-state index in [-0.39, 0.29) is 10.5 Å². The summed E-state index contributed by atoms with van der Waals surface area (Å²) in [4.78, 5) is 17.8. The summed E-state index contributed by atoms with van der Waals surface area (Å²) < 4.78 is 29.5. The van der Waals surface area contributed by atoms with E-state index in [9.17, 15) is 13.2 Å². The molecule has 0 aliphatic rings. The molecule has 1 amide bonds. The number of carbonyl (C=O) groups excluding carboxylic acids is 1. The Morgan fingerprint density at radius 1 is 0.861 bits per heavy atom. The van der Waals surface area contributed by atoms with Crippen LogP contribution >= 0.6 is 11.6 Å². The summed E-state index contributed by atoms with van der Waals surface area (Å²) in [7, 11) is -4.00. The van der Waals surface area contributed by atoms with Gasteiger partial charge in [0.1, 0.15) is 5.82 Å². The van der Waals surface area contributed by atoms with Crippen molar-refractivity contribution in [2.24, 2.45) is 0 Å². The van der Waals surface area contributed by atoms with Crippen molar-refractivity contribution in [3.8, 4) is 0 Å². The smallest absolute Gasteiger partial charge is 0.265 e. The number of nitrogens with one attached hydrogen (secondary N) is 1. The summed E-state index contributed by atoms with van der Waals surface area (Å²) in [5.41, 5.74) is 3.64. The third kappa shape index (κ3) is 5.03. The molecule has 8 heteroatoms. The molecule has 0 saturated heterocycles. The van der Waals surface area contributed by atoms with Gasteiger partial charge in [0, 0.05) is 17.0 Å². The Hall–Kier alpha value is -3.94. The lowest BCUT2D eigenvalue weighted by atomic mass is 10.1. The number of nitrogens with zero attached hydrogens (tertiary/aromatic N) is 2. The van der Waals surface area contributed by atoms with Gasteiger partial charge in [-0.25, -0.2) is 18.1 Å². The number of sulfonamides is 1. The lowest BCUT2D eigenvalue weighted by Gasteiger charge is -2.12. The molecular weight excluding hydrogens is 494 g/mol. The molecule has 1 N–H and O–H groups in total. The van der Waals surface area contributed by atoms with E-state index in [0.29, 0.717) is 29.0 Å². The summed E-state index contributed by atoms with van der Waals surface area (Å²) in [6, 6.07) is 30.3. The predicted molar refractivity (Wildman–Crippen MR) is 141 cm³/mol. The molecule has 6 nitrogen and oxygen atoms in total. The minimum Gasteiger partial charge on any atom is -0.323 e. The maximum atomic E-state index is 13.0. The van der Waals surface area contributed by atoms with Crippen molar-refractivity contribution in [2.75, 3.05) is 0 Å². The Morgan fingerprint density at radius 3 is 2.25 bits per heavy atom. The molecular formula is C28H22ClN3O3S. The van der Waals surface area contributed by atoms with Crippen molar-refractivity contribution in [1.29, 1.82) is 0 Å². The molecule has 0 radical (unpaired) electrons. The Labute approximate surface area is 214 Å². The molecule has 0 aliphatic carbocycles. The molecule has 0 fully saturated rings. The van der Waals surface area contributed by atoms with Gasteiger partial charge in [-0.05, 0) is 47.5 Å². The maximum Gasteiger partial charge on any atom is 0.265 e. The standard InChI is InChI=1S/C28H22ClN3O3S/c29-24-14-8-7-11-22(24)19-32-26-18-21(28(33)31-36(34,35)23-12-5-2-6-13-23)15-16-25(26)30-27(32)17-20-9-3-1-4-10-20/h1-16,18H,17,19H2,(H,31,33). The van der Waals surface area contributed by atoms with Crippen molar-refractivity contribution in [3.63, 3.8) is 0 Å². The van der Waals surface area contributed by atoms with E-state index in [1.165, 1.54) is 12.1 Å². The van der Waals surface area contributed by atoms with Crippen LogP contribution in [0.3, 0.4) is 0 Å². The Morgan fingerprint density at radius 2 is 1.53 bits per heavy atom. The first-order chi connectivity index (χ1) is 17.4. The average molecular weight is 516 g/mol. The third-order valence-corrected chi connectivity index (χ3v) is 7.58. The predicted octanol–water partition coefficient (Wildman–Crippen LogP) is 5.45. The van der Waals surface area contributed by atoms with Crippen molar-refractivity contribution < 1.29 is 13.2 Å². The second-order valence-electron chi connectivity index (χ2n) is 8.32. The first-order valence-corrected chi connectivity index (χ1v) is 13.2. The number of carbonyl (C=O) groups is 1. The van der Waals surface area contributed by atoms with Crippen molar-refractivity contribution >= 4 is 38.6 Å². The van der Waals surface area contributed by atoms with Crippen LogP contribution in [0.4, 0.5) is 0 Å². The lowest BCUT2D eigenvalue weighted by Crippen LogP contribution is -2.30. The summed E-state index contributed by atoms with van der Waals surface area (Å²) in [6.07, 6.45) is 0.587. The van der Waals surface area contributed by atoms with Gasteiger partial charge in [0.05, 0.1) is 22.5 Å². The van der Waals surface area contributed by atoms with E-state index < -0.39 is 15.9 Å². The van der Waals surface area contributed by atoms with Gasteiger partial charge in [0.2, 0.25) is 0 Å². The van der Waals surface area contributed by atoms with Gasteiger partial charge in [-0.1, -0.05) is 78.3 Å². The molecule has 0 bridgehead atoms. The third-order valence-electron chi connectivity index (χ3n) is 5.86. The zero-order valence-electron chi connectivity index (χ0n) is 19.1. The van der Waals surface area contributed by atoms with Crippen LogP contribution in [-0.2, 0) is 23.0 Å². The van der Waals surface area contributed by atoms with Crippen LogP contribution in [0.15, 0.2) is 108 Å². The van der Waals surface area contributed by atoms with Crippen LogP contribution < -0.4 is 4.72 Å². The maximum absolute atomic E-state index is 13.0. The van der Waals surface area contributed by atoms with Gasteiger partial charge < -0.3 is 4.57 Å². The molecule has 0 aliphatic heterocycles. The molecule has 36 heavy (non-hydrogen) atoms. The van der Waals surface area contributed by atoms with E-state index in [2.05, 4.69) is 4.72 Å². The van der Waals surface area contributed by atoms with Crippen molar-refractivity contribution in [1.82, 2.24) is 14.3 Å². The van der Waals surface area contributed by atoms with Gasteiger partial charge in [-0.3, -0.25) is 4.79 Å². The molecule has 0 spiro atoms. The number of benzene rings is 4. The number of amides is 1. The van der Waals surface area contributed by atoms with Gasteiger partial charge in [0.15, 0.2) is 0 Å². The molecule has 5 rings (SSSR count). The van der Waals surface area contributed by atoms with Crippen LogP contribution in [0.5, 0.6) is 0 Å². The quantitative estimate of drug-likeness (QED) is 0.312. The molecule has 5 aromatic rings. The molecule has 0 atom stereocenters. The Balaban J connectivity index is 1.54. The second kappa shape index (κ2) is 9.97. The fourth-order valence-electron chi connectivity index (χ4n) is 4.04. The number of hydrogen-bond donors (Lipinski definition) is 1. The fraction of sp³-hybridized carbons (Fsp3) is 0.0714. The average Bonchev–Trinajstić information content (AvgIpc) is 3.22. The van der Waals surface area contributed by atoms with Crippen LogP contribution in [0.1, 0.15) is 27.3 Å². The topological polar surface area (TPSA) is 81.1 Å². The first kappa shape index (κ1) is 23.8. The minimum absolute atomic E-state index is 0.0216. The van der Waals surface area contributed by atoms with E-state index in [0.717, 1.165) is 17.0 Å². The summed E-state index contributed by atoms with van der Waals surface area (Å²) >= 11 is 6.45. The SMILES string of the molecule is O=C(NS(=O)(=O)c1ccccc1)c1ccc2nc(Cc3ccccc3)n(Cc3ccccc3Cl)c2c1. The highest BCUT2D eigenvalue weighted by Gasteiger charge is 2.20. The first-order valence-electron chi connectivity index (χ1n) is 11.3. The number of fused-ring (bicyclic) bond motifs is 1. The number of imidazole rings is 1. The van der Waals surface area contributed by atoms with Crippen LogP contribution in [0.25, 0.3) is 11.0 Å². The van der Waals surface area contributed by atoms with E-state index in [4.69, 9.17) is 16.6 Å². The molecule has 1 heterocycles. The molecule has 0 saturated carbocycles. The van der Waals surface area contributed by atoms with Crippen molar-refractivity contribution in [3.05, 3.63) is 131 Å². The highest BCUT2D eigenvalue weighted by Crippen LogP contribution is 2.24. The fourth-order valence-corrected chi connectivity index (χ4v) is 5.23. The summed E-state index contributed by atoms with van der Waals surface area (Å²) in [6.45, 7) is 0.450. The van der Waals surface area contributed by atoms with Gasteiger partial charge in [-0.15, -0.1) is 0 Å². The molecule has 0 unspecified atom stereocenters. The number of hydrogen-bond acceptors (Lipinski definition) is 4. The van der Waals surface area contributed by atoms with Gasteiger partial charge in [0.25, 0.3) is 15.9 Å². The second-order valence-corrected chi connectivity index (χ2v) is 10.4. The summed E-state index contributed by atoms with van der Waals surface area (Å²) in [5, 5.41) is 0.632. The Bertz CT molecular complexity index is 1650.